The standard InChI is InChI=1S/C50H70O5/c1-6-9-10-12-37-14-16-39(17-15-37)40-18-20-41(21-19-40)42-22-24-43(25-23-42)44-26-28-47(38(7-2)31-44)45-27-29-48(55-35-50(8-3,33-51)34-52)46(32-45)13-11-30-54-49(53)36(4)5/h22-29,31-32,37,39-41,51-52H,4,6-21,30,33-35H2,1-3,5H3. The summed E-state index contributed by atoms with van der Waals surface area (Å²) in [6, 6.07) is 22.5. The molecule has 0 spiro atoms. The highest BCUT2D eigenvalue weighted by Crippen LogP contribution is 2.45. The van der Waals surface area contributed by atoms with Gasteiger partial charge in [-0.15, -0.1) is 0 Å². The number of aryl methyl sites for hydroxylation is 2. The van der Waals surface area contributed by atoms with E-state index in [-0.39, 0.29) is 32.4 Å². The number of hydrogen-bond acceptors (Lipinski definition) is 5. The molecule has 0 saturated heterocycles. The van der Waals surface area contributed by atoms with Gasteiger partial charge in [-0.05, 0) is 146 Å². The third-order valence-corrected chi connectivity index (χ3v) is 13.2. The van der Waals surface area contributed by atoms with E-state index in [9.17, 15) is 15.0 Å². The van der Waals surface area contributed by atoms with Crippen LogP contribution in [0.1, 0.15) is 140 Å². The van der Waals surface area contributed by atoms with E-state index in [2.05, 4.69) is 75.0 Å². The average Bonchev–Trinajstić information content (AvgIpc) is 3.23. The van der Waals surface area contributed by atoms with Crippen molar-refractivity contribution in [2.45, 2.75) is 136 Å². The van der Waals surface area contributed by atoms with Gasteiger partial charge in [0.1, 0.15) is 5.75 Å². The molecule has 3 aromatic rings. The Morgan fingerprint density at radius 1 is 0.764 bits per heavy atom. The number of aliphatic hydroxyl groups excluding tert-OH is 2. The molecule has 0 amide bonds. The van der Waals surface area contributed by atoms with E-state index in [4.69, 9.17) is 9.47 Å². The van der Waals surface area contributed by atoms with Crippen LogP contribution >= 0.6 is 0 Å². The van der Waals surface area contributed by atoms with Gasteiger partial charge in [-0.1, -0.05) is 114 Å². The molecule has 5 nitrogen and oxygen atoms in total. The third kappa shape index (κ3) is 11.6. The highest BCUT2D eigenvalue weighted by Gasteiger charge is 2.31. The first-order chi connectivity index (χ1) is 26.7. The van der Waals surface area contributed by atoms with Gasteiger partial charge in [0, 0.05) is 5.57 Å². The van der Waals surface area contributed by atoms with Crippen molar-refractivity contribution in [3.8, 4) is 28.0 Å². The summed E-state index contributed by atoms with van der Waals surface area (Å²) in [5.41, 5.74) is 8.29. The normalized spacial score (nSPS) is 20.3. The fourth-order valence-corrected chi connectivity index (χ4v) is 9.18. The molecule has 0 unspecified atom stereocenters. The van der Waals surface area contributed by atoms with Gasteiger partial charge in [0.25, 0.3) is 0 Å². The maximum absolute atomic E-state index is 12.0. The minimum absolute atomic E-state index is 0.152. The van der Waals surface area contributed by atoms with E-state index >= 15 is 0 Å². The second kappa shape index (κ2) is 21.2. The molecule has 300 valence electrons. The lowest BCUT2D eigenvalue weighted by atomic mass is 9.68. The van der Waals surface area contributed by atoms with Gasteiger partial charge >= 0.3 is 5.97 Å². The smallest absolute Gasteiger partial charge is 0.333 e. The molecule has 2 N–H and O–H groups in total. The summed E-state index contributed by atoms with van der Waals surface area (Å²) in [5.74, 6) is 3.95. The number of carbonyl (C=O) groups is 1. The molecule has 2 fully saturated rings. The second-order valence-electron chi connectivity index (χ2n) is 17.0. The molecule has 0 aromatic heterocycles. The molecule has 0 aliphatic heterocycles. The molecular formula is C50H70O5. The minimum atomic E-state index is -0.706. The van der Waals surface area contributed by atoms with Gasteiger partial charge in [-0.25, -0.2) is 4.79 Å². The van der Waals surface area contributed by atoms with Crippen molar-refractivity contribution in [3.05, 3.63) is 89.5 Å². The summed E-state index contributed by atoms with van der Waals surface area (Å²) in [4.78, 5) is 12.0. The molecule has 0 atom stereocenters. The topological polar surface area (TPSA) is 76.0 Å². The Balaban J connectivity index is 1.23. The highest BCUT2D eigenvalue weighted by molar-refractivity contribution is 5.86. The van der Waals surface area contributed by atoms with E-state index in [0.29, 0.717) is 30.8 Å². The van der Waals surface area contributed by atoms with Crippen LogP contribution in [0.25, 0.3) is 22.3 Å². The van der Waals surface area contributed by atoms with Crippen LogP contribution in [0.4, 0.5) is 0 Å². The lowest BCUT2D eigenvalue weighted by molar-refractivity contribution is -0.139. The van der Waals surface area contributed by atoms with Crippen molar-refractivity contribution < 1.29 is 24.5 Å². The van der Waals surface area contributed by atoms with Gasteiger partial charge < -0.3 is 19.7 Å². The number of ether oxygens (including phenoxy) is 2. The number of unbranched alkanes of at least 4 members (excludes halogenated alkanes) is 2. The first kappa shape index (κ1) is 42.7. The van der Waals surface area contributed by atoms with Gasteiger partial charge in [-0.2, -0.15) is 0 Å². The zero-order chi connectivity index (χ0) is 39.2. The Labute approximate surface area is 332 Å². The summed E-state index contributed by atoms with van der Waals surface area (Å²) in [7, 11) is 0. The first-order valence-corrected chi connectivity index (χ1v) is 21.8. The summed E-state index contributed by atoms with van der Waals surface area (Å²) in [5, 5.41) is 20.0. The average molecular weight is 751 g/mol. The van der Waals surface area contributed by atoms with Gasteiger partial charge in [0.15, 0.2) is 0 Å². The fourth-order valence-electron chi connectivity index (χ4n) is 9.18. The molecule has 2 aliphatic rings. The van der Waals surface area contributed by atoms with Crippen LogP contribution in [0.3, 0.4) is 0 Å². The first-order valence-electron chi connectivity index (χ1n) is 21.8. The Hall–Kier alpha value is -3.41. The van der Waals surface area contributed by atoms with E-state index in [1.54, 1.807) is 6.92 Å². The van der Waals surface area contributed by atoms with Crippen LogP contribution in [0.15, 0.2) is 72.8 Å². The zero-order valence-electron chi connectivity index (χ0n) is 34.6. The van der Waals surface area contributed by atoms with Crippen LogP contribution in [0, 0.1) is 23.2 Å². The largest absolute Gasteiger partial charge is 0.493 e. The Morgan fingerprint density at radius 2 is 1.40 bits per heavy atom. The van der Waals surface area contributed by atoms with Crippen molar-refractivity contribution in [2.24, 2.45) is 23.2 Å². The third-order valence-electron chi connectivity index (χ3n) is 13.2. The van der Waals surface area contributed by atoms with Crippen LogP contribution in [-0.2, 0) is 22.4 Å². The minimum Gasteiger partial charge on any atom is -0.493 e. The maximum atomic E-state index is 12.0. The molecule has 0 radical (unpaired) electrons. The number of rotatable bonds is 20. The predicted octanol–water partition coefficient (Wildman–Crippen LogP) is 12.1. The van der Waals surface area contributed by atoms with Gasteiger partial charge in [-0.3, -0.25) is 0 Å². The SMILES string of the molecule is C=C(C)C(=O)OCCCc1cc(-c2ccc(-c3ccc(C4CCC(C5CCC(CCCCC)CC5)CC4)cc3)cc2CC)ccc1OCC(CC)(CO)CO. The molecule has 0 heterocycles. The lowest BCUT2D eigenvalue weighted by Crippen LogP contribution is -2.35. The Kier molecular flexibility index (Phi) is 16.5. The van der Waals surface area contributed by atoms with E-state index in [1.165, 1.54) is 105 Å². The van der Waals surface area contributed by atoms with E-state index in [0.717, 1.165) is 41.1 Å². The van der Waals surface area contributed by atoms with Gasteiger partial charge in [0.2, 0.25) is 0 Å². The number of esters is 1. The van der Waals surface area contributed by atoms with Crippen molar-refractivity contribution in [1.29, 1.82) is 0 Å². The van der Waals surface area contributed by atoms with E-state index < -0.39 is 5.41 Å². The van der Waals surface area contributed by atoms with E-state index in [1.807, 2.05) is 13.0 Å². The lowest BCUT2D eigenvalue weighted by Gasteiger charge is -2.38. The quantitative estimate of drug-likeness (QED) is 0.0683. The zero-order valence-corrected chi connectivity index (χ0v) is 34.6. The van der Waals surface area contributed by atoms with Crippen molar-refractivity contribution >= 4 is 5.97 Å². The molecule has 0 bridgehead atoms. The van der Waals surface area contributed by atoms with Crippen molar-refractivity contribution in [3.63, 3.8) is 0 Å². The van der Waals surface area contributed by atoms with Crippen LogP contribution < -0.4 is 4.74 Å². The highest BCUT2D eigenvalue weighted by atomic mass is 16.5. The van der Waals surface area contributed by atoms with Crippen molar-refractivity contribution in [2.75, 3.05) is 26.4 Å². The summed E-state index contributed by atoms with van der Waals surface area (Å²) >= 11 is 0. The van der Waals surface area contributed by atoms with Crippen LogP contribution in [0.2, 0.25) is 0 Å². The molecule has 5 heteroatoms. The molecule has 55 heavy (non-hydrogen) atoms. The number of aliphatic hydroxyl groups is 2. The molecule has 2 saturated carbocycles. The molecule has 5 rings (SSSR count). The summed E-state index contributed by atoms with van der Waals surface area (Å²) in [6.07, 6.45) is 19.8. The number of hydrogen-bond donors (Lipinski definition) is 2. The fraction of sp³-hybridized carbons (Fsp3) is 0.580. The van der Waals surface area contributed by atoms with Crippen LogP contribution in [0.5, 0.6) is 5.75 Å². The Bertz CT molecular complexity index is 1630. The predicted molar refractivity (Wildman–Crippen MR) is 227 cm³/mol. The van der Waals surface area contributed by atoms with Crippen LogP contribution in [-0.4, -0.2) is 42.6 Å². The molecule has 3 aromatic carbocycles. The molecular weight excluding hydrogens is 681 g/mol. The Morgan fingerprint density at radius 3 is 2.02 bits per heavy atom. The summed E-state index contributed by atoms with van der Waals surface area (Å²) in [6.45, 7) is 12.0. The number of benzene rings is 3. The van der Waals surface area contributed by atoms with Gasteiger partial charge in [0.05, 0.1) is 31.8 Å². The summed E-state index contributed by atoms with van der Waals surface area (Å²) < 4.78 is 11.7. The molecule has 2 aliphatic carbocycles. The second-order valence-corrected chi connectivity index (χ2v) is 17.0. The maximum Gasteiger partial charge on any atom is 0.333 e. The number of carbonyl (C=O) groups excluding carboxylic acids is 1. The van der Waals surface area contributed by atoms with Crippen molar-refractivity contribution in [1.82, 2.24) is 0 Å². The monoisotopic (exact) mass is 751 g/mol.